The first-order chi connectivity index (χ1) is 9.47. The lowest BCUT2D eigenvalue weighted by molar-refractivity contribution is -0.136. The molecule has 2 N–H and O–H groups in total. The second-order valence-electron chi connectivity index (χ2n) is 4.43. The quantitative estimate of drug-likeness (QED) is 0.891. The summed E-state index contributed by atoms with van der Waals surface area (Å²) in [5.41, 5.74) is 0.634. The van der Waals surface area contributed by atoms with Crippen LogP contribution in [0.2, 0.25) is 0 Å². The maximum Gasteiger partial charge on any atom is 0.390 e. The highest BCUT2D eigenvalue weighted by atomic mass is 19.4. The maximum absolute atomic E-state index is 12.1. The van der Waals surface area contributed by atoms with Crippen molar-refractivity contribution in [3.8, 4) is 5.75 Å². The first kappa shape index (κ1) is 14.6. The zero-order valence-electron chi connectivity index (χ0n) is 10.7. The average molecular weight is 288 g/mol. The molecule has 1 atom stereocenters. The Kier molecular flexibility index (Phi) is 4.49. The van der Waals surface area contributed by atoms with Gasteiger partial charge in [0, 0.05) is 18.7 Å². The molecule has 0 bridgehead atoms. The van der Waals surface area contributed by atoms with Gasteiger partial charge in [-0.2, -0.15) is 13.2 Å². The Morgan fingerprint density at radius 1 is 1.40 bits per heavy atom. The predicted molar refractivity (Wildman–Crippen MR) is 66.4 cm³/mol. The van der Waals surface area contributed by atoms with Gasteiger partial charge >= 0.3 is 6.18 Å². The molecular formula is C13H15F3N2O2. The lowest BCUT2D eigenvalue weighted by Crippen LogP contribution is -2.39. The SMILES string of the molecule is O=C(NCCC(F)(F)F)C1NCCOc2ccccc21. The molecule has 0 fully saturated rings. The van der Waals surface area contributed by atoms with Crippen molar-refractivity contribution in [3.63, 3.8) is 0 Å². The van der Waals surface area contributed by atoms with Gasteiger partial charge in [0.15, 0.2) is 0 Å². The van der Waals surface area contributed by atoms with Crippen molar-refractivity contribution in [1.29, 1.82) is 0 Å². The minimum Gasteiger partial charge on any atom is -0.492 e. The Morgan fingerprint density at radius 2 is 2.15 bits per heavy atom. The number of benzene rings is 1. The summed E-state index contributed by atoms with van der Waals surface area (Å²) < 4.78 is 41.7. The van der Waals surface area contributed by atoms with E-state index in [1.54, 1.807) is 24.3 Å². The Bertz CT molecular complexity index is 477. The summed E-state index contributed by atoms with van der Waals surface area (Å²) in [5, 5.41) is 5.27. The van der Waals surface area contributed by atoms with Crippen molar-refractivity contribution in [3.05, 3.63) is 29.8 Å². The van der Waals surface area contributed by atoms with E-state index >= 15 is 0 Å². The van der Waals surface area contributed by atoms with Gasteiger partial charge in [0.05, 0.1) is 6.42 Å². The summed E-state index contributed by atoms with van der Waals surface area (Å²) in [6.07, 6.45) is -5.31. The van der Waals surface area contributed by atoms with Crippen LogP contribution in [0.1, 0.15) is 18.0 Å². The number of fused-ring (bicyclic) bond motifs is 1. The Labute approximate surface area is 114 Å². The van der Waals surface area contributed by atoms with E-state index in [1.165, 1.54) is 0 Å². The third-order valence-corrected chi connectivity index (χ3v) is 2.91. The molecule has 0 aromatic heterocycles. The minimum absolute atomic E-state index is 0.406. The van der Waals surface area contributed by atoms with Crippen LogP contribution >= 0.6 is 0 Å². The molecule has 0 radical (unpaired) electrons. The lowest BCUT2D eigenvalue weighted by Gasteiger charge is -2.17. The highest BCUT2D eigenvalue weighted by Gasteiger charge is 2.29. The molecule has 1 amide bonds. The number of ether oxygens (including phenoxy) is 1. The van der Waals surface area contributed by atoms with E-state index < -0.39 is 31.1 Å². The van der Waals surface area contributed by atoms with E-state index in [4.69, 9.17) is 4.74 Å². The number of amides is 1. The molecule has 0 saturated carbocycles. The van der Waals surface area contributed by atoms with E-state index in [-0.39, 0.29) is 0 Å². The molecule has 1 aliphatic heterocycles. The average Bonchev–Trinajstić information content (AvgIpc) is 2.59. The third-order valence-electron chi connectivity index (χ3n) is 2.91. The number of hydrogen-bond donors (Lipinski definition) is 2. The second-order valence-corrected chi connectivity index (χ2v) is 4.43. The van der Waals surface area contributed by atoms with Crippen molar-refractivity contribution in [2.45, 2.75) is 18.6 Å². The second kappa shape index (κ2) is 6.13. The first-order valence-electron chi connectivity index (χ1n) is 6.27. The van der Waals surface area contributed by atoms with E-state index in [1.807, 2.05) is 0 Å². The molecule has 4 nitrogen and oxygen atoms in total. The highest BCUT2D eigenvalue weighted by molar-refractivity contribution is 5.84. The van der Waals surface area contributed by atoms with Gasteiger partial charge in [0.2, 0.25) is 5.91 Å². The molecule has 2 rings (SSSR count). The van der Waals surface area contributed by atoms with Crippen molar-refractivity contribution >= 4 is 5.91 Å². The van der Waals surface area contributed by atoms with Crippen LogP contribution in [0.5, 0.6) is 5.75 Å². The fourth-order valence-electron chi connectivity index (χ4n) is 1.99. The molecule has 0 saturated heterocycles. The minimum atomic E-state index is -4.27. The molecule has 1 aliphatic rings. The van der Waals surface area contributed by atoms with Gasteiger partial charge in [-0.3, -0.25) is 10.1 Å². The van der Waals surface area contributed by atoms with E-state index in [0.29, 0.717) is 24.5 Å². The van der Waals surface area contributed by atoms with Gasteiger partial charge in [-0.1, -0.05) is 18.2 Å². The van der Waals surface area contributed by atoms with Crippen LogP contribution in [0, 0.1) is 0 Å². The van der Waals surface area contributed by atoms with E-state index in [2.05, 4.69) is 10.6 Å². The van der Waals surface area contributed by atoms with Crippen LogP contribution < -0.4 is 15.4 Å². The van der Waals surface area contributed by atoms with Crippen LogP contribution in [0.4, 0.5) is 13.2 Å². The third kappa shape index (κ3) is 3.86. The largest absolute Gasteiger partial charge is 0.492 e. The van der Waals surface area contributed by atoms with Gasteiger partial charge in [-0.25, -0.2) is 0 Å². The number of hydrogen-bond acceptors (Lipinski definition) is 3. The first-order valence-corrected chi connectivity index (χ1v) is 6.27. The molecule has 1 heterocycles. The molecule has 7 heteroatoms. The summed E-state index contributed by atoms with van der Waals surface area (Å²) in [6, 6.07) is 6.30. The molecule has 20 heavy (non-hydrogen) atoms. The van der Waals surface area contributed by atoms with Gasteiger partial charge in [-0.15, -0.1) is 0 Å². The molecule has 1 aromatic rings. The molecule has 1 aromatic carbocycles. The van der Waals surface area contributed by atoms with Crippen molar-refractivity contribution in [2.75, 3.05) is 19.7 Å². The van der Waals surface area contributed by atoms with Gasteiger partial charge in [-0.05, 0) is 6.07 Å². The predicted octanol–water partition coefficient (Wildman–Crippen LogP) is 1.78. The zero-order chi connectivity index (χ0) is 14.6. The number of para-hydroxylation sites is 1. The molecule has 110 valence electrons. The number of halogens is 3. The number of nitrogens with one attached hydrogen (secondary N) is 2. The van der Waals surface area contributed by atoms with Crippen LogP contribution in [-0.2, 0) is 4.79 Å². The van der Waals surface area contributed by atoms with Crippen LogP contribution in [0.15, 0.2) is 24.3 Å². The summed E-state index contributed by atoms with van der Waals surface area (Å²) >= 11 is 0. The van der Waals surface area contributed by atoms with Crippen LogP contribution in [0.25, 0.3) is 0 Å². The normalized spacial score (nSPS) is 18.6. The zero-order valence-corrected chi connectivity index (χ0v) is 10.7. The Hall–Kier alpha value is -1.76. The fraction of sp³-hybridized carbons (Fsp3) is 0.462. The molecule has 0 aliphatic carbocycles. The lowest BCUT2D eigenvalue weighted by atomic mass is 10.1. The molecule has 1 unspecified atom stereocenters. The van der Waals surface area contributed by atoms with E-state index in [9.17, 15) is 18.0 Å². The summed E-state index contributed by atoms with van der Waals surface area (Å²) in [4.78, 5) is 12.0. The number of alkyl halides is 3. The standard InChI is InChI=1S/C13H15F3N2O2/c14-13(15,16)5-6-18-12(19)11-9-3-1-2-4-10(9)20-8-7-17-11/h1-4,11,17H,5-8H2,(H,18,19). The van der Waals surface area contributed by atoms with Crippen LogP contribution in [0.3, 0.4) is 0 Å². The molecule has 0 spiro atoms. The van der Waals surface area contributed by atoms with Gasteiger partial charge in [0.25, 0.3) is 0 Å². The number of rotatable bonds is 3. The number of carbonyl (C=O) groups excluding carboxylic acids is 1. The monoisotopic (exact) mass is 288 g/mol. The highest BCUT2D eigenvalue weighted by Crippen LogP contribution is 2.27. The Morgan fingerprint density at radius 3 is 2.90 bits per heavy atom. The molecular weight excluding hydrogens is 273 g/mol. The topological polar surface area (TPSA) is 50.4 Å². The van der Waals surface area contributed by atoms with Crippen molar-refractivity contribution < 1.29 is 22.7 Å². The van der Waals surface area contributed by atoms with E-state index in [0.717, 1.165) is 0 Å². The van der Waals surface area contributed by atoms with Crippen molar-refractivity contribution in [2.24, 2.45) is 0 Å². The van der Waals surface area contributed by atoms with Crippen LogP contribution in [-0.4, -0.2) is 31.8 Å². The number of carbonyl (C=O) groups is 1. The van der Waals surface area contributed by atoms with Crippen molar-refractivity contribution in [1.82, 2.24) is 10.6 Å². The summed E-state index contributed by atoms with van der Waals surface area (Å²) in [6.45, 7) is 0.429. The fourth-order valence-corrected chi connectivity index (χ4v) is 1.99. The maximum atomic E-state index is 12.1. The van der Waals surface area contributed by atoms with Gasteiger partial charge < -0.3 is 10.1 Å². The summed E-state index contributed by atoms with van der Waals surface area (Å²) in [5.74, 6) is 0.0978. The summed E-state index contributed by atoms with van der Waals surface area (Å²) in [7, 11) is 0. The smallest absolute Gasteiger partial charge is 0.390 e. The Balaban J connectivity index is 2.02. The van der Waals surface area contributed by atoms with Gasteiger partial charge in [0.1, 0.15) is 18.4 Å².